The number of carbonyl (C=O) groups excluding carboxylic acids is 1. The van der Waals surface area contributed by atoms with Gasteiger partial charge in [0.05, 0.1) is 13.7 Å². The number of rotatable bonds is 6. The molecule has 27 heavy (non-hydrogen) atoms. The summed E-state index contributed by atoms with van der Waals surface area (Å²) in [6.45, 7) is 4.44. The third-order valence-corrected chi connectivity index (χ3v) is 5.37. The summed E-state index contributed by atoms with van der Waals surface area (Å²) in [6, 6.07) is 16.3. The molecule has 1 saturated heterocycles. The summed E-state index contributed by atoms with van der Waals surface area (Å²) in [5, 5.41) is 0. The number of likely N-dealkylation sites (N-methyl/N-ethyl adjacent to an activating group) is 1. The lowest BCUT2D eigenvalue weighted by Crippen LogP contribution is -2.51. The maximum absolute atomic E-state index is 12.6. The highest BCUT2D eigenvalue weighted by Gasteiger charge is 2.22. The average Bonchev–Trinajstić information content (AvgIpc) is 2.70. The minimum absolute atomic E-state index is 0.198. The molecular formula is C21H26BrN3O2. The molecule has 3 rings (SSSR count). The van der Waals surface area contributed by atoms with Crippen LogP contribution in [0.5, 0.6) is 5.75 Å². The van der Waals surface area contributed by atoms with Crippen LogP contribution in [0.2, 0.25) is 0 Å². The number of hydrogen-bond donors (Lipinski definition) is 0. The van der Waals surface area contributed by atoms with Crippen molar-refractivity contribution in [1.29, 1.82) is 0 Å². The largest absolute Gasteiger partial charge is 0.497 e. The summed E-state index contributed by atoms with van der Waals surface area (Å²) >= 11 is 3.45. The SMILES string of the molecule is COc1ccc(N2CCN(C(=O)CN(C)Cc3ccc(Br)cc3)CC2)cc1. The molecule has 2 aromatic carbocycles. The van der Waals surface area contributed by atoms with E-state index in [0.717, 1.165) is 42.9 Å². The summed E-state index contributed by atoms with van der Waals surface area (Å²) < 4.78 is 6.28. The third-order valence-electron chi connectivity index (χ3n) is 4.84. The van der Waals surface area contributed by atoms with Crippen molar-refractivity contribution in [3.8, 4) is 5.75 Å². The fourth-order valence-corrected chi connectivity index (χ4v) is 3.56. The molecular weight excluding hydrogens is 406 g/mol. The van der Waals surface area contributed by atoms with Crippen molar-refractivity contribution in [2.24, 2.45) is 0 Å². The molecule has 0 saturated carbocycles. The first kappa shape index (κ1) is 19.7. The number of amides is 1. The molecule has 1 fully saturated rings. The van der Waals surface area contributed by atoms with Gasteiger partial charge in [0, 0.05) is 42.9 Å². The van der Waals surface area contributed by atoms with Gasteiger partial charge in [-0.3, -0.25) is 9.69 Å². The highest BCUT2D eigenvalue weighted by Crippen LogP contribution is 2.20. The first-order chi connectivity index (χ1) is 13.0. The molecule has 1 amide bonds. The molecule has 0 aliphatic carbocycles. The Bertz CT molecular complexity index is 741. The molecule has 6 heteroatoms. The number of carbonyl (C=O) groups is 1. The number of ether oxygens (including phenoxy) is 1. The Morgan fingerprint density at radius 3 is 2.26 bits per heavy atom. The van der Waals surface area contributed by atoms with E-state index in [-0.39, 0.29) is 5.91 Å². The molecule has 0 bridgehead atoms. The molecule has 1 aliphatic rings. The van der Waals surface area contributed by atoms with E-state index in [1.807, 2.05) is 36.2 Å². The maximum Gasteiger partial charge on any atom is 0.236 e. The summed E-state index contributed by atoms with van der Waals surface area (Å²) in [4.78, 5) is 19.0. The second-order valence-corrected chi connectivity index (χ2v) is 7.78. The van der Waals surface area contributed by atoms with E-state index in [9.17, 15) is 4.79 Å². The van der Waals surface area contributed by atoms with Gasteiger partial charge in [0.25, 0.3) is 0 Å². The van der Waals surface area contributed by atoms with Crippen LogP contribution in [-0.2, 0) is 11.3 Å². The molecule has 5 nitrogen and oxygen atoms in total. The van der Waals surface area contributed by atoms with Crippen molar-refractivity contribution < 1.29 is 9.53 Å². The number of hydrogen-bond acceptors (Lipinski definition) is 4. The zero-order valence-corrected chi connectivity index (χ0v) is 17.5. The van der Waals surface area contributed by atoms with Crippen LogP contribution < -0.4 is 9.64 Å². The van der Waals surface area contributed by atoms with Crippen LogP contribution in [-0.4, -0.2) is 62.6 Å². The van der Waals surface area contributed by atoms with Crippen LogP contribution >= 0.6 is 15.9 Å². The van der Waals surface area contributed by atoms with E-state index in [2.05, 4.69) is 50.0 Å². The van der Waals surface area contributed by atoms with Gasteiger partial charge in [-0.2, -0.15) is 0 Å². The number of nitrogens with zero attached hydrogens (tertiary/aromatic N) is 3. The van der Waals surface area contributed by atoms with E-state index >= 15 is 0 Å². The molecule has 1 aliphatic heterocycles. The molecule has 0 N–H and O–H groups in total. The Labute approximate surface area is 169 Å². The predicted molar refractivity (Wildman–Crippen MR) is 112 cm³/mol. The van der Waals surface area contributed by atoms with E-state index in [0.29, 0.717) is 6.54 Å². The Hall–Kier alpha value is -2.05. The van der Waals surface area contributed by atoms with Gasteiger partial charge < -0.3 is 14.5 Å². The molecule has 1 heterocycles. The van der Waals surface area contributed by atoms with Crippen LogP contribution in [0.15, 0.2) is 53.0 Å². The van der Waals surface area contributed by atoms with Crippen molar-refractivity contribution in [2.45, 2.75) is 6.54 Å². The van der Waals surface area contributed by atoms with Gasteiger partial charge >= 0.3 is 0 Å². The topological polar surface area (TPSA) is 36.0 Å². The normalized spacial score (nSPS) is 14.5. The number of piperazine rings is 1. The predicted octanol–water partition coefficient (Wildman–Crippen LogP) is 3.24. The van der Waals surface area contributed by atoms with Gasteiger partial charge in [-0.15, -0.1) is 0 Å². The van der Waals surface area contributed by atoms with E-state index in [4.69, 9.17) is 4.74 Å². The van der Waals surface area contributed by atoms with Crippen LogP contribution in [0, 0.1) is 0 Å². The van der Waals surface area contributed by atoms with Gasteiger partial charge in [-0.05, 0) is 49.0 Å². The second-order valence-electron chi connectivity index (χ2n) is 6.86. The van der Waals surface area contributed by atoms with Crippen molar-refractivity contribution >= 4 is 27.5 Å². The number of benzene rings is 2. The minimum Gasteiger partial charge on any atom is -0.497 e. The summed E-state index contributed by atoms with van der Waals surface area (Å²) in [5.41, 5.74) is 2.38. The zero-order chi connectivity index (χ0) is 19.2. The fraction of sp³-hybridized carbons (Fsp3) is 0.381. The van der Waals surface area contributed by atoms with Gasteiger partial charge in [-0.1, -0.05) is 28.1 Å². The van der Waals surface area contributed by atoms with Crippen molar-refractivity contribution in [3.05, 3.63) is 58.6 Å². The van der Waals surface area contributed by atoms with E-state index < -0.39 is 0 Å². The molecule has 0 spiro atoms. The summed E-state index contributed by atoms with van der Waals surface area (Å²) in [7, 11) is 3.67. The highest BCUT2D eigenvalue weighted by molar-refractivity contribution is 9.10. The number of halogens is 1. The third kappa shape index (κ3) is 5.47. The first-order valence-electron chi connectivity index (χ1n) is 9.15. The zero-order valence-electron chi connectivity index (χ0n) is 15.9. The van der Waals surface area contributed by atoms with Gasteiger partial charge in [-0.25, -0.2) is 0 Å². The van der Waals surface area contributed by atoms with Gasteiger partial charge in [0.2, 0.25) is 5.91 Å². The Morgan fingerprint density at radius 2 is 1.67 bits per heavy atom. The number of methoxy groups -OCH3 is 1. The minimum atomic E-state index is 0.198. The quantitative estimate of drug-likeness (QED) is 0.703. The second kappa shape index (κ2) is 9.24. The standard InChI is InChI=1S/C21H26BrN3O2/c1-23(15-17-3-5-18(22)6-4-17)16-21(26)25-13-11-24(12-14-25)19-7-9-20(27-2)10-8-19/h3-10H,11-16H2,1-2H3. The van der Waals surface area contributed by atoms with Gasteiger partial charge in [0.15, 0.2) is 0 Å². The van der Waals surface area contributed by atoms with E-state index in [1.54, 1.807) is 7.11 Å². The molecule has 0 atom stereocenters. The Balaban J connectivity index is 1.46. The Morgan fingerprint density at radius 1 is 1.04 bits per heavy atom. The highest BCUT2D eigenvalue weighted by atomic mass is 79.9. The lowest BCUT2D eigenvalue weighted by atomic mass is 10.2. The van der Waals surface area contributed by atoms with Crippen LogP contribution in [0.3, 0.4) is 0 Å². The van der Waals surface area contributed by atoms with Crippen molar-refractivity contribution in [1.82, 2.24) is 9.80 Å². The first-order valence-corrected chi connectivity index (χ1v) is 9.94. The summed E-state index contributed by atoms with van der Waals surface area (Å²) in [5.74, 6) is 1.06. The molecule has 0 radical (unpaired) electrons. The van der Waals surface area contributed by atoms with Crippen molar-refractivity contribution in [3.63, 3.8) is 0 Å². The lowest BCUT2D eigenvalue weighted by molar-refractivity contribution is -0.132. The van der Waals surface area contributed by atoms with Crippen LogP contribution in [0.1, 0.15) is 5.56 Å². The molecule has 144 valence electrons. The van der Waals surface area contributed by atoms with Crippen LogP contribution in [0.25, 0.3) is 0 Å². The maximum atomic E-state index is 12.6. The van der Waals surface area contributed by atoms with Gasteiger partial charge in [0.1, 0.15) is 5.75 Å². The molecule has 0 aromatic heterocycles. The van der Waals surface area contributed by atoms with Crippen molar-refractivity contribution in [2.75, 3.05) is 51.8 Å². The monoisotopic (exact) mass is 431 g/mol. The fourth-order valence-electron chi connectivity index (χ4n) is 3.30. The van der Waals surface area contributed by atoms with E-state index in [1.165, 1.54) is 11.3 Å². The lowest BCUT2D eigenvalue weighted by Gasteiger charge is -2.36. The Kier molecular flexibility index (Phi) is 6.74. The molecule has 2 aromatic rings. The van der Waals surface area contributed by atoms with Crippen LogP contribution in [0.4, 0.5) is 5.69 Å². The molecule has 0 unspecified atom stereocenters. The smallest absolute Gasteiger partial charge is 0.236 e. The summed E-state index contributed by atoms with van der Waals surface area (Å²) in [6.07, 6.45) is 0. The average molecular weight is 432 g/mol. The number of anilines is 1.